The van der Waals surface area contributed by atoms with Gasteiger partial charge in [0.05, 0.1) is 37.1 Å². The highest BCUT2D eigenvalue weighted by atomic mass is 16.5. The van der Waals surface area contributed by atoms with Crippen LogP contribution in [0.2, 0.25) is 0 Å². The number of carbonyl (C=O) groups is 1. The average Bonchev–Trinajstić information content (AvgIpc) is 2.67. The zero-order chi connectivity index (χ0) is 18.7. The van der Waals surface area contributed by atoms with Crippen molar-refractivity contribution in [2.45, 2.75) is 13.0 Å². The Hall–Kier alpha value is -3.35. The average molecular weight is 353 g/mol. The minimum Gasteiger partial charge on any atom is -0.497 e. The number of ether oxygens (including phenoxy) is 2. The fourth-order valence-electron chi connectivity index (χ4n) is 2.63. The molecule has 3 rings (SSSR count). The first-order valence-corrected chi connectivity index (χ1v) is 8.04. The SMILES string of the molecule is COc1ccc(OC)c(NC(=O)C(C)n2cnc3ccccc3c2=O)c1. The number of nitrogens with one attached hydrogen (secondary N) is 1. The van der Waals surface area contributed by atoms with E-state index < -0.39 is 6.04 Å². The molecule has 3 aromatic rings. The Balaban J connectivity index is 1.91. The van der Waals surface area contributed by atoms with Crippen molar-refractivity contribution in [3.8, 4) is 11.5 Å². The van der Waals surface area contributed by atoms with Gasteiger partial charge in [0.15, 0.2) is 0 Å². The highest BCUT2D eigenvalue weighted by Gasteiger charge is 2.19. The van der Waals surface area contributed by atoms with Crippen LogP contribution in [0.3, 0.4) is 0 Å². The van der Waals surface area contributed by atoms with Gasteiger partial charge in [0.1, 0.15) is 17.5 Å². The summed E-state index contributed by atoms with van der Waals surface area (Å²) in [4.78, 5) is 29.6. The molecular weight excluding hydrogens is 334 g/mol. The minimum absolute atomic E-state index is 0.268. The molecule has 0 aliphatic carbocycles. The van der Waals surface area contributed by atoms with E-state index in [1.807, 2.05) is 6.07 Å². The van der Waals surface area contributed by atoms with Gasteiger partial charge in [0, 0.05) is 6.07 Å². The molecule has 0 aliphatic rings. The number of anilines is 1. The van der Waals surface area contributed by atoms with E-state index >= 15 is 0 Å². The first kappa shape index (κ1) is 17.5. The third-order valence-corrected chi connectivity index (χ3v) is 4.15. The molecule has 7 nitrogen and oxygen atoms in total. The topological polar surface area (TPSA) is 82.4 Å². The zero-order valence-electron chi connectivity index (χ0n) is 14.7. The number of hydrogen-bond donors (Lipinski definition) is 1. The molecule has 1 unspecified atom stereocenters. The largest absolute Gasteiger partial charge is 0.497 e. The van der Waals surface area contributed by atoms with Gasteiger partial charge in [-0.1, -0.05) is 12.1 Å². The predicted octanol–water partition coefficient (Wildman–Crippen LogP) is 2.61. The van der Waals surface area contributed by atoms with Crippen LogP contribution in [0.25, 0.3) is 10.9 Å². The lowest BCUT2D eigenvalue weighted by Gasteiger charge is -2.17. The molecule has 26 heavy (non-hydrogen) atoms. The fourth-order valence-corrected chi connectivity index (χ4v) is 2.63. The van der Waals surface area contributed by atoms with Crippen molar-refractivity contribution in [3.05, 3.63) is 59.1 Å². The van der Waals surface area contributed by atoms with Crippen LogP contribution < -0.4 is 20.3 Å². The van der Waals surface area contributed by atoms with Crippen LogP contribution in [0.1, 0.15) is 13.0 Å². The Kier molecular flexibility index (Phi) is 4.88. The summed E-state index contributed by atoms with van der Waals surface area (Å²) in [5, 5.41) is 3.24. The molecule has 1 N–H and O–H groups in total. The molecule has 1 heterocycles. The maximum atomic E-state index is 12.7. The monoisotopic (exact) mass is 353 g/mol. The van der Waals surface area contributed by atoms with Gasteiger partial charge >= 0.3 is 0 Å². The standard InChI is InChI=1S/C19H19N3O4/c1-12(22-11-20-15-7-5-4-6-14(15)19(22)24)18(23)21-16-10-13(25-2)8-9-17(16)26-3/h4-12H,1-3H3,(H,21,23). The Morgan fingerprint density at radius 2 is 1.92 bits per heavy atom. The van der Waals surface area contributed by atoms with E-state index in [1.165, 1.54) is 25.1 Å². The second kappa shape index (κ2) is 7.26. The first-order valence-electron chi connectivity index (χ1n) is 8.04. The lowest BCUT2D eigenvalue weighted by Crippen LogP contribution is -2.31. The summed E-state index contributed by atoms with van der Waals surface area (Å²) in [6.07, 6.45) is 1.39. The lowest BCUT2D eigenvalue weighted by atomic mass is 10.2. The minimum atomic E-state index is -0.754. The second-order valence-electron chi connectivity index (χ2n) is 5.71. The molecule has 0 saturated heterocycles. The van der Waals surface area contributed by atoms with Crippen molar-refractivity contribution in [1.82, 2.24) is 9.55 Å². The van der Waals surface area contributed by atoms with E-state index in [9.17, 15) is 9.59 Å². The summed E-state index contributed by atoms with van der Waals surface area (Å²) in [6.45, 7) is 1.64. The molecule has 1 amide bonds. The van der Waals surface area contributed by atoms with Crippen LogP contribution in [0.5, 0.6) is 11.5 Å². The molecule has 1 atom stereocenters. The number of methoxy groups -OCH3 is 2. The molecule has 0 aliphatic heterocycles. The van der Waals surface area contributed by atoms with Gasteiger partial charge in [-0.25, -0.2) is 4.98 Å². The van der Waals surface area contributed by atoms with E-state index in [2.05, 4.69) is 10.3 Å². The van der Waals surface area contributed by atoms with Gasteiger partial charge in [-0.05, 0) is 31.2 Å². The van der Waals surface area contributed by atoms with Crippen LogP contribution in [0.4, 0.5) is 5.69 Å². The molecule has 0 spiro atoms. The maximum absolute atomic E-state index is 12.7. The van der Waals surface area contributed by atoms with Gasteiger partial charge < -0.3 is 14.8 Å². The van der Waals surface area contributed by atoms with Crippen molar-refractivity contribution in [2.75, 3.05) is 19.5 Å². The van der Waals surface area contributed by atoms with E-state index in [1.54, 1.807) is 43.3 Å². The van der Waals surface area contributed by atoms with E-state index in [-0.39, 0.29) is 11.5 Å². The highest BCUT2D eigenvalue weighted by molar-refractivity contribution is 5.95. The molecular formula is C19H19N3O4. The van der Waals surface area contributed by atoms with Crippen LogP contribution in [0.15, 0.2) is 53.6 Å². The fraction of sp³-hybridized carbons (Fsp3) is 0.211. The number of para-hydroxylation sites is 1. The molecule has 0 radical (unpaired) electrons. The maximum Gasteiger partial charge on any atom is 0.261 e. The number of carbonyl (C=O) groups excluding carboxylic acids is 1. The summed E-state index contributed by atoms with van der Waals surface area (Å²) < 4.78 is 11.7. The first-order chi connectivity index (χ1) is 12.5. The van der Waals surface area contributed by atoms with Gasteiger partial charge in [-0.3, -0.25) is 14.2 Å². The van der Waals surface area contributed by atoms with Gasteiger partial charge in [0.25, 0.3) is 5.56 Å². The van der Waals surface area contributed by atoms with Crippen molar-refractivity contribution in [3.63, 3.8) is 0 Å². The van der Waals surface area contributed by atoms with Crippen LogP contribution in [0, 0.1) is 0 Å². The Labute approximate surface area is 150 Å². The van der Waals surface area contributed by atoms with Crippen molar-refractivity contribution < 1.29 is 14.3 Å². The number of aromatic nitrogens is 2. The Morgan fingerprint density at radius 1 is 1.15 bits per heavy atom. The number of rotatable bonds is 5. The van der Waals surface area contributed by atoms with Crippen LogP contribution in [-0.4, -0.2) is 29.7 Å². The summed E-state index contributed by atoms with van der Waals surface area (Å²) >= 11 is 0. The molecule has 7 heteroatoms. The molecule has 2 aromatic carbocycles. The summed E-state index contributed by atoms with van der Waals surface area (Å²) in [7, 11) is 3.05. The highest BCUT2D eigenvalue weighted by Crippen LogP contribution is 2.29. The van der Waals surface area contributed by atoms with Gasteiger partial charge in [-0.15, -0.1) is 0 Å². The second-order valence-corrected chi connectivity index (χ2v) is 5.71. The Bertz CT molecular complexity index is 1010. The number of benzene rings is 2. The van der Waals surface area contributed by atoms with Crippen LogP contribution >= 0.6 is 0 Å². The zero-order valence-corrected chi connectivity index (χ0v) is 14.7. The van der Waals surface area contributed by atoms with Gasteiger partial charge in [0.2, 0.25) is 5.91 Å². The number of nitrogens with zero attached hydrogens (tertiary/aromatic N) is 2. The lowest BCUT2D eigenvalue weighted by molar-refractivity contribution is -0.118. The van der Waals surface area contributed by atoms with Crippen molar-refractivity contribution in [1.29, 1.82) is 0 Å². The normalized spacial score (nSPS) is 11.8. The predicted molar refractivity (Wildman–Crippen MR) is 98.9 cm³/mol. The Morgan fingerprint density at radius 3 is 2.65 bits per heavy atom. The molecule has 0 bridgehead atoms. The molecule has 0 saturated carbocycles. The van der Waals surface area contributed by atoms with E-state index in [0.29, 0.717) is 28.1 Å². The third kappa shape index (κ3) is 3.23. The number of fused-ring (bicyclic) bond motifs is 1. The quantitative estimate of drug-likeness (QED) is 0.762. The van der Waals surface area contributed by atoms with Gasteiger partial charge in [-0.2, -0.15) is 0 Å². The van der Waals surface area contributed by atoms with Crippen molar-refractivity contribution in [2.24, 2.45) is 0 Å². The summed E-state index contributed by atoms with van der Waals surface area (Å²) in [6, 6.07) is 11.4. The smallest absolute Gasteiger partial charge is 0.261 e. The molecule has 134 valence electrons. The molecule has 0 fully saturated rings. The third-order valence-electron chi connectivity index (χ3n) is 4.15. The summed E-state index contributed by atoms with van der Waals surface area (Å²) in [5.41, 5.74) is 0.789. The number of amides is 1. The van der Waals surface area contributed by atoms with E-state index in [0.717, 1.165) is 0 Å². The summed E-state index contributed by atoms with van der Waals surface area (Å²) in [5.74, 6) is 0.712. The van der Waals surface area contributed by atoms with Crippen molar-refractivity contribution >= 4 is 22.5 Å². The van der Waals surface area contributed by atoms with E-state index in [4.69, 9.17) is 9.47 Å². The van der Waals surface area contributed by atoms with Crippen LogP contribution in [-0.2, 0) is 4.79 Å². The number of hydrogen-bond acceptors (Lipinski definition) is 5. The molecule has 1 aromatic heterocycles.